The Morgan fingerprint density at radius 1 is 1.11 bits per heavy atom. The zero-order chi connectivity index (χ0) is 26.2. The van der Waals surface area contributed by atoms with Gasteiger partial charge in [-0.25, -0.2) is 9.37 Å². The topological polar surface area (TPSA) is 57.7 Å². The van der Waals surface area contributed by atoms with Gasteiger partial charge in [0.05, 0.1) is 11.9 Å². The summed E-state index contributed by atoms with van der Waals surface area (Å²) in [6.07, 6.45) is 3.98. The normalized spacial score (nSPS) is 17.2. The summed E-state index contributed by atoms with van der Waals surface area (Å²) in [6, 6.07) is 14.0. The molecule has 2 aliphatic heterocycles. The predicted molar refractivity (Wildman–Crippen MR) is 148 cm³/mol. The monoisotopic (exact) mass is 522 g/mol. The third-order valence-corrected chi connectivity index (χ3v) is 8.58. The molecule has 0 radical (unpaired) electrons. The molecule has 1 fully saturated rings. The second-order valence-electron chi connectivity index (χ2n) is 11.1. The van der Waals surface area contributed by atoms with Gasteiger partial charge in [-0.1, -0.05) is 62.4 Å². The summed E-state index contributed by atoms with van der Waals surface area (Å²) in [4.78, 5) is 21.5. The average Bonchev–Trinajstić information content (AvgIpc) is 3.32. The second kappa shape index (κ2) is 9.97. The molecule has 6 nitrogen and oxygen atoms in total. The maximum Gasteiger partial charge on any atom is 0.262 e. The molecule has 37 heavy (non-hydrogen) atoms. The summed E-state index contributed by atoms with van der Waals surface area (Å²) in [5, 5.41) is 3.49. The second-order valence-corrected chi connectivity index (χ2v) is 12.1. The smallest absolute Gasteiger partial charge is 0.262 e. The number of amides is 1. The van der Waals surface area contributed by atoms with Crippen molar-refractivity contribution in [2.75, 3.05) is 36.5 Å². The molecule has 0 unspecified atom stereocenters. The number of thiazole rings is 1. The summed E-state index contributed by atoms with van der Waals surface area (Å²) in [7, 11) is 1.62. The maximum absolute atomic E-state index is 15.1. The van der Waals surface area contributed by atoms with Gasteiger partial charge in [-0.2, -0.15) is 0 Å². The van der Waals surface area contributed by atoms with Gasteiger partial charge in [0, 0.05) is 52.5 Å². The Bertz CT molecular complexity index is 1260. The van der Waals surface area contributed by atoms with Gasteiger partial charge in [-0.05, 0) is 28.7 Å². The fraction of sp³-hybridized carbons (Fsp3) is 0.448. The number of rotatable bonds is 4. The molecular formula is C29H35FN4O2S. The Morgan fingerprint density at radius 3 is 2.49 bits per heavy atom. The van der Waals surface area contributed by atoms with Gasteiger partial charge < -0.3 is 19.9 Å². The van der Waals surface area contributed by atoms with Crippen LogP contribution >= 0.6 is 11.3 Å². The number of anilines is 2. The van der Waals surface area contributed by atoms with Crippen molar-refractivity contribution < 1.29 is 13.9 Å². The highest BCUT2D eigenvalue weighted by Crippen LogP contribution is 2.43. The highest BCUT2D eigenvalue weighted by Gasteiger charge is 2.41. The number of nitrogens with one attached hydrogen (secondary N) is 1. The van der Waals surface area contributed by atoms with Crippen molar-refractivity contribution in [2.24, 2.45) is 0 Å². The van der Waals surface area contributed by atoms with Crippen LogP contribution in [0.15, 0.2) is 48.7 Å². The molecule has 0 aliphatic carbocycles. The SMILES string of the molecule is CNC(=O)c1cnc(N2CCC3(CC2)CCN(Cc2ccc(C(C)(C)C)cc2)c2cccc(F)c2O3)s1. The van der Waals surface area contributed by atoms with E-state index in [1.807, 2.05) is 6.07 Å². The molecule has 2 aromatic carbocycles. The van der Waals surface area contributed by atoms with Crippen molar-refractivity contribution in [1.29, 1.82) is 0 Å². The predicted octanol–water partition coefficient (Wildman–Crippen LogP) is 5.77. The van der Waals surface area contributed by atoms with Crippen LogP contribution in [0.4, 0.5) is 15.2 Å². The number of carbonyl (C=O) groups excluding carboxylic acids is 1. The van der Waals surface area contributed by atoms with E-state index in [1.54, 1.807) is 19.3 Å². The lowest BCUT2D eigenvalue weighted by Crippen LogP contribution is -2.48. The number of ether oxygens (including phenoxy) is 1. The summed E-state index contributed by atoms with van der Waals surface area (Å²) < 4.78 is 21.7. The highest BCUT2D eigenvalue weighted by atomic mass is 32.1. The summed E-state index contributed by atoms with van der Waals surface area (Å²) in [6.45, 7) is 9.63. The van der Waals surface area contributed by atoms with Crippen LogP contribution in [0.3, 0.4) is 0 Å². The Balaban J connectivity index is 1.33. The first-order valence-corrected chi connectivity index (χ1v) is 13.7. The minimum absolute atomic E-state index is 0.106. The van der Waals surface area contributed by atoms with E-state index in [2.05, 4.69) is 65.1 Å². The number of piperidine rings is 1. The van der Waals surface area contributed by atoms with E-state index in [9.17, 15) is 4.79 Å². The van der Waals surface area contributed by atoms with Crippen LogP contribution in [0.2, 0.25) is 0 Å². The number of benzene rings is 2. The van der Waals surface area contributed by atoms with E-state index in [0.717, 1.165) is 49.7 Å². The van der Waals surface area contributed by atoms with Gasteiger partial charge in [-0.15, -0.1) is 0 Å². The average molecular weight is 523 g/mol. The molecule has 1 N–H and O–H groups in total. The van der Waals surface area contributed by atoms with Crippen molar-refractivity contribution in [3.05, 3.63) is 70.5 Å². The van der Waals surface area contributed by atoms with Crippen LogP contribution in [-0.4, -0.2) is 43.2 Å². The quantitative estimate of drug-likeness (QED) is 0.472. The van der Waals surface area contributed by atoms with Crippen molar-refractivity contribution >= 4 is 28.1 Å². The van der Waals surface area contributed by atoms with E-state index in [-0.39, 0.29) is 17.1 Å². The molecule has 196 valence electrons. The molecule has 0 saturated carbocycles. The van der Waals surface area contributed by atoms with Crippen molar-refractivity contribution in [3.63, 3.8) is 0 Å². The molecule has 2 aliphatic rings. The third kappa shape index (κ3) is 5.30. The molecule has 3 heterocycles. The van der Waals surface area contributed by atoms with Crippen LogP contribution in [0.5, 0.6) is 5.75 Å². The van der Waals surface area contributed by atoms with E-state index in [0.29, 0.717) is 17.2 Å². The Labute approximate surface area is 222 Å². The van der Waals surface area contributed by atoms with Gasteiger partial charge in [0.15, 0.2) is 16.7 Å². The third-order valence-electron chi connectivity index (χ3n) is 7.53. The lowest BCUT2D eigenvalue weighted by molar-refractivity contribution is 0.0375. The Kier molecular flexibility index (Phi) is 6.88. The molecule has 5 rings (SSSR count). The van der Waals surface area contributed by atoms with Crippen LogP contribution in [0.1, 0.15) is 60.8 Å². The minimum atomic E-state index is -0.431. The minimum Gasteiger partial charge on any atom is -0.482 e. The fourth-order valence-corrected chi connectivity index (χ4v) is 6.08. The standard InChI is InChI=1S/C29H35FN4O2S/c1-28(2,3)21-10-8-20(9-11-21)19-34-17-14-29(36-25-22(30)6-5-7-23(25)34)12-15-33(16-13-29)27-32-18-24(37-27)26(35)31-4/h5-11,18H,12-17,19H2,1-4H3,(H,31,35). The highest BCUT2D eigenvalue weighted by molar-refractivity contribution is 7.17. The Morgan fingerprint density at radius 2 is 1.81 bits per heavy atom. The molecule has 8 heteroatoms. The number of carbonyl (C=O) groups is 1. The summed E-state index contributed by atoms with van der Waals surface area (Å²) in [5.74, 6) is -0.0788. The largest absolute Gasteiger partial charge is 0.482 e. The van der Waals surface area contributed by atoms with Gasteiger partial charge in [0.2, 0.25) is 0 Å². The lowest BCUT2D eigenvalue weighted by atomic mass is 9.86. The molecule has 0 atom stereocenters. The van der Waals surface area contributed by atoms with Crippen LogP contribution in [0, 0.1) is 5.82 Å². The van der Waals surface area contributed by atoms with Crippen LogP contribution in [0.25, 0.3) is 0 Å². The van der Waals surface area contributed by atoms with E-state index in [4.69, 9.17) is 4.74 Å². The zero-order valence-corrected chi connectivity index (χ0v) is 22.8. The molecule has 1 aromatic heterocycles. The number of hydrogen-bond acceptors (Lipinski definition) is 6. The number of fused-ring (bicyclic) bond motifs is 1. The number of aromatic nitrogens is 1. The zero-order valence-electron chi connectivity index (χ0n) is 22.0. The molecule has 1 saturated heterocycles. The number of nitrogens with zero attached hydrogens (tertiary/aromatic N) is 3. The van der Waals surface area contributed by atoms with Gasteiger partial charge in [-0.3, -0.25) is 4.79 Å². The van der Waals surface area contributed by atoms with Crippen LogP contribution < -0.4 is 19.9 Å². The number of hydrogen-bond donors (Lipinski definition) is 1. The van der Waals surface area contributed by atoms with Crippen LogP contribution in [-0.2, 0) is 12.0 Å². The molecule has 1 spiro atoms. The van der Waals surface area contributed by atoms with Gasteiger partial charge in [0.25, 0.3) is 5.91 Å². The summed E-state index contributed by atoms with van der Waals surface area (Å²) >= 11 is 1.40. The first kappa shape index (κ1) is 25.5. The van der Waals surface area contributed by atoms with E-state index < -0.39 is 5.60 Å². The van der Waals surface area contributed by atoms with E-state index >= 15 is 4.39 Å². The lowest BCUT2D eigenvalue weighted by Gasteiger charge is -2.41. The fourth-order valence-electron chi connectivity index (χ4n) is 5.17. The molecule has 0 bridgehead atoms. The first-order valence-electron chi connectivity index (χ1n) is 12.9. The number of para-hydroxylation sites is 1. The summed E-state index contributed by atoms with van der Waals surface area (Å²) in [5.41, 5.74) is 2.99. The van der Waals surface area contributed by atoms with Gasteiger partial charge in [0.1, 0.15) is 10.5 Å². The first-order chi connectivity index (χ1) is 17.7. The molecular weight excluding hydrogens is 487 g/mol. The Hall–Kier alpha value is -3.13. The maximum atomic E-state index is 15.1. The molecule has 1 amide bonds. The van der Waals surface area contributed by atoms with Crippen molar-refractivity contribution in [3.8, 4) is 5.75 Å². The molecule has 3 aromatic rings. The van der Waals surface area contributed by atoms with Crippen molar-refractivity contribution in [2.45, 2.75) is 57.6 Å². The number of halogens is 1. The van der Waals surface area contributed by atoms with Crippen molar-refractivity contribution in [1.82, 2.24) is 10.3 Å². The van der Waals surface area contributed by atoms with E-state index in [1.165, 1.54) is 28.5 Å². The van der Waals surface area contributed by atoms with Gasteiger partial charge >= 0.3 is 0 Å².